The van der Waals surface area contributed by atoms with Gasteiger partial charge in [-0.15, -0.1) is 0 Å². The number of hydrogen-bond donors (Lipinski definition) is 1. The molecule has 1 aromatic rings. The van der Waals surface area contributed by atoms with Gasteiger partial charge in [-0.25, -0.2) is 4.39 Å². The lowest BCUT2D eigenvalue weighted by atomic mass is 9.90. The molecular weight excluding hydrogens is 189 g/mol. The van der Waals surface area contributed by atoms with Crippen LogP contribution in [0.15, 0.2) is 24.3 Å². The molecule has 0 spiro atoms. The molecular formula is C13H18FN. The highest BCUT2D eigenvalue weighted by atomic mass is 19.1. The Morgan fingerprint density at radius 1 is 1.33 bits per heavy atom. The largest absolute Gasteiger partial charge is 0.308 e. The molecule has 2 rings (SSSR count). The second-order valence-corrected chi connectivity index (χ2v) is 4.60. The van der Waals surface area contributed by atoms with E-state index >= 15 is 0 Å². The van der Waals surface area contributed by atoms with Gasteiger partial charge in [0, 0.05) is 5.54 Å². The Bertz CT molecular complexity index is 323. The van der Waals surface area contributed by atoms with Crippen LogP contribution >= 0.6 is 0 Å². The van der Waals surface area contributed by atoms with Crippen LogP contribution in [0.25, 0.3) is 0 Å². The molecule has 1 N–H and O–H groups in total. The third kappa shape index (κ3) is 2.05. The van der Waals surface area contributed by atoms with Crippen LogP contribution in [-0.2, 0) is 5.54 Å². The Labute approximate surface area is 90.7 Å². The Morgan fingerprint density at radius 3 is 2.47 bits per heavy atom. The van der Waals surface area contributed by atoms with Crippen LogP contribution in [0.5, 0.6) is 0 Å². The van der Waals surface area contributed by atoms with Crippen LogP contribution in [0, 0.1) is 0 Å². The maximum atomic E-state index is 13.0. The van der Waals surface area contributed by atoms with E-state index in [-0.39, 0.29) is 5.54 Å². The van der Waals surface area contributed by atoms with Gasteiger partial charge in [0.2, 0.25) is 0 Å². The Kier molecular flexibility index (Phi) is 2.79. The molecule has 82 valence electrons. The Hall–Kier alpha value is -0.890. The Balaban J connectivity index is 2.23. The first kappa shape index (κ1) is 10.6. The standard InChI is InChI=1S/C13H18FN/c1-10(14)11-4-6-12(7-5-11)13(2)8-3-9-15-13/h4-7,10,15H,3,8-9H2,1-2H3. The fraction of sp³-hybridized carbons (Fsp3) is 0.538. The van der Waals surface area contributed by atoms with Gasteiger partial charge in [0.1, 0.15) is 6.17 Å². The molecule has 0 bridgehead atoms. The van der Waals surface area contributed by atoms with Crippen LogP contribution < -0.4 is 5.32 Å². The van der Waals surface area contributed by atoms with Crippen molar-refractivity contribution in [1.82, 2.24) is 5.32 Å². The van der Waals surface area contributed by atoms with Crippen molar-refractivity contribution in [2.45, 2.75) is 38.4 Å². The maximum Gasteiger partial charge on any atom is 0.122 e. The van der Waals surface area contributed by atoms with E-state index in [2.05, 4.69) is 12.2 Å². The fourth-order valence-electron chi connectivity index (χ4n) is 2.26. The summed E-state index contributed by atoms with van der Waals surface area (Å²) in [5.74, 6) is 0. The predicted octanol–water partition coefficient (Wildman–Crippen LogP) is 3.32. The molecule has 2 unspecified atom stereocenters. The molecule has 0 saturated carbocycles. The molecule has 0 amide bonds. The van der Waals surface area contributed by atoms with Crippen LogP contribution in [0.4, 0.5) is 4.39 Å². The first-order valence-electron chi connectivity index (χ1n) is 5.61. The molecule has 0 aliphatic carbocycles. The molecule has 0 aromatic heterocycles. The first-order chi connectivity index (χ1) is 7.12. The van der Waals surface area contributed by atoms with Gasteiger partial charge in [-0.3, -0.25) is 0 Å². The molecule has 2 heteroatoms. The number of hydrogen-bond acceptors (Lipinski definition) is 1. The van der Waals surface area contributed by atoms with Gasteiger partial charge in [0.05, 0.1) is 0 Å². The highest BCUT2D eigenvalue weighted by molar-refractivity contribution is 5.29. The van der Waals surface area contributed by atoms with Crippen molar-refractivity contribution in [2.24, 2.45) is 0 Å². The lowest BCUT2D eigenvalue weighted by Gasteiger charge is -2.25. The fourth-order valence-corrected chi connectivity index (χ4v) is 2.26. The molecule has 0 radical (unpaired) electrons. The topological polar surface area (TPSA) is 12.0 Å². The number of nitrogens with one attached hydrogen (secondary N) is 1. The van der Waals surface area contributed by atoms with Gasteiger partial charge < -0.3 is 5.32 Å². The van der Waals surface area contributed by atoms with Crippen molar-refractivity contribution in [1.29, 1.82) is 0 Å². The van der Waals surface area contributed by atoms with Crippen molar-refractivity contribution in [2.75, 3.05) is 6.54 Å². The van der Waals surface area contributed by atoms with Crippen LogP contribution in [-0.4, -0.2) is 6.54 Å². The smallest absolute Gasteiger partial charge is 0.122 e. The van der Waals surface area contributed by atoms with E-state index in [1.807, 2.05) is 24.3 Å². The summed E-state index contributed by atoms with van der Waals surface area (Å²) in [5, 5.41) is 3.50. The van der Waals surface area contributed by atoms with Crippen LogP contribution in [0.2, 0.25) is 0 Å². The van der Waals surface area contributed by atoms with Gasteiger partial charge >= 0.3 is 0 Å². The second kappa shape index (κ2) is 3.93. The minimum absolute atomic E-state index is 0.0953. The summed E-state index contributed by atoms with van der Waals surface area (Å²) >= 11 is 0. The summed E-state index contributed by atoms with van der Waals surface area (Å²) in [6.45, 7) is 4.87. The predicted molar refractivity (Wildman–Crippen MR) is 60.6 cm³/mol. The van der Waals surface area contributed by atoms with Crippen LogP contribution in [0.3, 0.4) is 0 Å². The molecule has 1 aromatic carbocycles. The summed E-state index contributed by atoms with van der Waals surface area (Å²) in [4.78, 5) is 0. The number of rotatable bonds is 2. The maximum absolute atomic E-state index is 13.0. The highest BCUT2D eigenvalue weighted by Crippen LogP contribution is 2.31. The minimum Gasteiger partial charge on any atom is -0.308 e. The first-order valence-corrected chi connectivity index (χ1v) is 5.61. The molecule has 1 heterocycles. The van der Waals surface area contributed by atoms with E-state index in [1.165, 1.54) is 12.0 Å². The Morgan fingerprint density at radius 2 is 2.00 bits per heavy atom. The van der Waals surface area contributed by atoms with E-state index in [4.69, 9.17) is 0 Å². The van der Waals surface area contributed by atoms with Crippen molar-refractivity contribution in [3.8, 4) is 0 Å². The van der Waals surface area contributed by atoms with Gasteiger partial charge in [0.25, 0.3) is 0 Å². The summed E-state index contributed by atoms with van der Waals surface area (Å²) in [6, 6.07) is 7.88. The van der Waals surface area contributed by atoms with E-state index in [9.17, 15) is 4.39 Å². The van der Waals surface area contributed by atoms with Crippen molar-refractivity contribution in [3.63, 3.8) is 0 Å². The molecule has 15 heavy (non-hydrogen) atoms. The normalized spacial score (nSPS) is 27.9. The SMILES string of the molecule is CC(F)c1ccc(C2(C)CCCN2)cc1. The average Bonchev–Trinajstić information content (AvgIpc) is 2.67. The van der Waals surface area contributed by atoms with E-state index < -0.39 is 6.17 Å². The zero-order valence-corrected chi connectivity index (χ0v) is 9.39. The van der Waals surface area contributed by atoms with Crippen LogP contribution in [0.1, 0.15) is 44.0 Å². The molecule has 1 aliphatic rings. The third-order valence-corrected chi connectivity index (χ3v) is 3.38. The second-order valence-electron chi connectivity index (χ2n) is 4.60. The van der Waals surface area contributed by atoms with Gasteiger partial charge in [-0.1, -0.05) is 24.3 Å². The quantitative estimate of drug-likeness (QED) is 0.784. The third-order valence-electron chi connectivity index (χ3n) is 3.38. The lowest BCUT2D eigenvalue weighted by molar-refractivity contribution is 0.373. The molecule has 1 fully saturated rings. The number of benzene rings is 1. The summed E-state index contributed by atoms with van der Waals surface area (Å²) in [7, 11) is 0. The van der Waals surface area contributed by atoms with Crippen molar-refractivity contribution >= 4 is 0 Å². The van der Waals surface area contributed by atoms with Crippen molar-refractivity contribution in [3.05, 3.63) is 35.4 Å². The zero-order chi connectivity index (χ0) is 10.9. The van der Waals surface area contributed by atoms with Crippen molar-refractivity contribution < 1.29 is 4.39 Å². The lowest BCUT2D eigenvalue weighted by Crippen LogP contribution is -2.32. The monoisotopic (exact) mass is 207 g/mol. The molecule has 2 atom stereocenters. The number of halogens is 1. The van der Waals surface area contributed by atoms with E-state index in [0.29, 0.717) is 0 Å². The number of alkyl halides is 1. The van der Waals surface area contributed by atoms with E-state index in [0.717, 1.165) is 18.5 Å². The average molecular weight is 207 g/mol. The summed E-state index contributed by atoms with van der Waals surface area (Å²) in [6.07, 6.45) is 1.51. The van der Waals surface area contributed by atoms with Gasteiger partial charge in [-0.2, -0.15) is 0 Å². The highest BCUT2D eigenvalue weighted by Gasteiger charge is 2.29. The summed E-state index contributed by atoms with van der Waals surface area (Å²) < 4.78 is 13.0. The van der Waals surface area contributed by atoms with Gasteiger partial charge in [-0.05, 0) is 44.4 Å². The minimum atomic E-state index is -0.872. The molecule has 1 nitrogen and oxygen atoms in total. The molecule has 1 saturated heterocycles. The summed E-state index contributed by atoms with van der Waals surface area (Å²) in [5.41, 5.74) is 2.13. The zero-order valence-electron chi connectivity index (χ0n) is 9.39. The molecule has 1 aliphatic heterocycles. The van der Waals surface area contributed by atoms with Gasteiger partial charge in [0.15, 0.2) is 0 Å². The van der Waals surface area contributed by atoms with E-state index in [1.54, 1.807) is 6.92 Å².